The monoisotopic (exact) mass is 489 g/mol. The number of hydrogen-bond donors (Lipinski definition) is 2. The second kappa shape index (κ2) is 9.09. The predicted octanol–water partition coefficient (Wildman–Crippen LogP) is 3.56. The molecule has 1 fully saturated rings. The van der Waals surface area contributed by atoms with E-state index in [2.05, 4.69) is 5.32 Å². The number of carboxylic acid groups (broad SMARTS) is 1. The summed E-state index contributed by atoms with van der Waals surface area (Å²) in [6.45, 7) is 14.7. The fourth-order valence-corrected chi connectivity index (χ4v) is 5.21. The van der Waals surface area contributed by atoms with Gasteiger partial charge in [-0.15, -0.1) is 10.3 Å². The molecule has 3 rings (SSSR count). The molecule has 0 spiro atoms. The molecule has 9 heteroatoms. The second-order valence-corrected chi connectivity index (χ2v) is 11.2. The van der Waals surface area contributed by atoms with Gasteiger partial charge >= 0.3 is 11.9 Å². The van der Waals surface area contributed by atoms with Gasteiger partial charge in [0.1, 0.15) is 11.5 Å². The Hall–Kier alpha value is -2.65. The van der Waals surface area contributed by atoms with Crippen molar-refractivity contribution in [2.75, 3.05) is 0 Å². The molecule has 2 heterocycles. The number of fused-ring (bicyclic) bond motifs is 1. The average Bonchev–Trinajstić information content (AvgIpc) is 2.92. The van der Waals surface area contributed by atoms with E-state index in [0.717, 1.165) is 21.8 Å². The Morgan fingerprint density at radius 2 is 1.69 bits per heavy atom. The number of hydrogen-bond acceptors (Lipinski definition) is 6. The van der Waals surface area contributed by atoms with Crippen LogP contribution in [0.15, 0.2) is 0 Å². The van der Waals surface area contributed by atoms with Crippen LogP contribution in [0.3, 0.4) is 0 Å². The van der Waals surface area contributed by atoms with Gasteiger partial charge in [0, 0.05) is 17.5 Å². The number of amides is 1. The maximum absolute atomic E-state index is 13.4. The molecule has 193 valence electrons. The smallest absolute Gasteiger partial charge is 0.311 e. The number of esters is 1. The summed E-state index contributed by atoms with van der Waals surface area (Å²) in [7, 11) is 0. The lowest BCUT2D eigenvalue weighted by atomic mass is 9.86. The largest absolute Gasteiger partial charge is 0.481 e. The van der Waals surface area contributed by atoms with Crippen molar-refractivity contribution >= 4 is 17.8 Å². The van der Waals surface area contributed by atoms with Gasteiger partial charge in [-0.25, -0.2) is 0 Å². The van der Waals surface area contributed by atoms with Gasteiger partial charge in [-0.05, 0) is 84.9 Å². The first-order valence-corrected chi connectivity index (χ1v) is 12.0. The van der Waals surface area contributed by atoms with Crippen molar-refractivity contribution in [3.05, 3.63) is 22.3 Å². The molecule has 0 saturated carbocycles. The lowest BCUT2D eigenvalue weighted by Crippen LogP contribution is -2.58. The Kier molecular flexibility index (Phi) is 7.00. The molecule has 1 amide bonds. The van der Waals surface area contributed by atoms with Crippen molar-refractivity contribution < 1.29 is 34.2 Å². The maximum Gasteiger partial charge on any atom is 0.311 e. The summed E-state index contributed by atoms with van der Waals surface area (Å²) in [5, 5.41) is 25.7. The first-order chi connectivity index (χ1) is 16.0. The minimum absolute atomic E-state index is 0.214. The first kappa shape index (κ1) is 26.9. The number of ether oxygens (including phenoxy) is 2. The number of carbonyl (C=O) groups is 3. The molecule has 1 radical (unpaired) electrons. The lowest BCUT2D eigenvalue weighted by Gasteiger charge is -2.39. The highest BCUT2D eigenvalue weighted by atomic mass is 16.5. The van der Waals surface area contributed by atoms with Crippen LogP contribution in [-0.2, 0) is 26.0 Å². The zero-order valence-corrected chi connectivity index (χ0v) is 22.0. The van der Waals surface area contributed by atoms with Crippen LogP contribution >= 0.6 is 0 Å². The fourth-order valence-electron chi connectivity index (χ4n) is 5.21. The van der Waals surface area contributed by atoms with Gasteiger partial charge in [-0.3, -0.25) is 14.4 Å². The molecule has 1 aromatic rings. The van der Waals surface area contributed by atoms with Crippen LogP contribution in [0.1, 0.15) is 82.6 Å². The summed E-state index contributed by atoms with van der Waals surface area (Å²) in [5.74, 6) is -0.903. The third-order valence-corrected chi connectivity index (χ3v) is 7.66. The first-order valence-electron chi connectivity index (χ1n) is 12.0. The van der Waals surface area contributed by atoms with E-state index in [1.54, 1.807) is 6.92 Å². The van der Waals surface area contributed by atoms with Gasteiger partial charge in [0.05, 0.1) is 24.4 Å². The number of aliphatic carboxylic acids is 1. The van der Waals surface area contributed by atoms with Crippen molar-refractivity contribution in [2.24, 2.45) is 0 Å². The van der Waals surface area contributed by atoms with E-state index in [4.69, 9.17) is 14.6 Å². The molecular weight excluding hydrogens is 452 g/mol. The molecule has 0 bridgehead atoms. The van der Waals surface area contributed by atoms with Crippen LogP contribution in [-0.4, -0.2) is 50.7 Å². The van der Waals surface area contributed by atoms with Crippen LogP contribution < -0.4 is 14.8 Å². The molecule has 0 aliphatic carbocycles. The summed E-state index contributed by atoms with van der Waals surface area (Å²) in [5.41, 5.74) is 0.638. The standard InChI is InChI=1S/C26H37N2O7/c1-14-15(2)22-17(16(3)21(14)34-20(31)10-9-19(29)30)11-12-26(8,35-22)23(32)27-18-13-24(4,5)28(33)25(18,6)7/h18H,9-13H2,1-8H3,(H,27,32)(H,29,30). The van der Waals surface area contributed by atoms with Crippen LogP contribution in [0.4, 0.5) is 0 Å². The molecule has 2 N–H and O–H groups in total. The van der Waals surface area contributed by atoms with E-state index in [1.807, 2.05) is 48.5 Å². The second-order valence-electron chi connectivity index (χ2n) is 11.2. The van der Waals surface area contributed by atoms with E-state index in [-0.39, 0.29) is 24.8 Å². The number of carbonyl (C=O) groups excluding carboxylic acids is 2. The maximum atomic E-state index is 13.4. The van der Waals surface area contributed by atoms with Crippen LogP contribution in [0, 0.1) is 20.8 Å². The molecule has 1 aromatic carbocycles. The Morgan fingerprint density at radius 3 is 2.23 bits per heavy atom. The van der Waals surface area contributed by atoms with Crippen molar-refractivity contribution in [3.63, 3.8) is 0 Å². The van der Waals surface area contributed by atoms with Crippen molar-refractivity contribution in [1.82, 2.24) is 10.4 Å². The molecule has 2 unspecified atom stereocenters. The van der Waals surface area contributed by atoms with E-state index in [1.165, 1.54) is 0 Å². The van der Waals surface area contributed by atoms with E-state index < -0.39 is 28.6 Å². The predicted molar refractivity (Wildman–Crippen MR) is 128 cm³/mol. The molecule has 35 heavy (non-hydrogen) atoms. The molecule has 1 saturated heterocycles. The lowest BCUT2D eigenvalue weighted by molar-refractivity contribution is -0.246. The Labute approximate surface area is 206 Å². The topological polar surface area (TPSA) is 125 Å². The third-order valence-electron chi connectivity index (χ3n) is 7.66. The highest BCUT2D eigenvalue weighted by molar-refractivity contribution is 5.86. The van der Waals surface area contributed by atoms with Crippen molar-refractivity contribution in [3.8, 4) is 11.5 Å². The summed E-state index contributed by atoms with van der Waals surface area (Å²) in [4.78, 5) is 36.4. The Morgan fingerprint density at radius 1 is 1.06 bits per heavy atom. The summed E-state index contributed by atoms with van der Waals surface area (Å²) in [6.07, 6.45) is 0.985. The number of hydroxylamine groups is 2. The van der Waals surface area contributed by atoms with E-state index >= 15 is 0 Å². The summed E-state index contributed by atoms with van der Waals surface area (Å²) in [6, 6.07) is -0.318. The van der Waals surface area contributed by atoms with Crippen LogP contribution in [0.25, 0.3) is 0 Å². The Bertz CT molecular complexity index is 1060. The van der Waals surface area contributed by atoms with Gasteiger partial charge < -0.3 is 19.9 Å². The minimum Gasteiger partial charge on any atom is -0.481 e. The minimum atomic E-state index is -1.12. The molecule has 2 aliphatic heterocycles. The number of nitrogens with one attached hydrogen (secondary N) is 1. The highest BCUT2D eigenvalue weighted by Gasteiger charge is 2.54. The van der Waals surface area contributed by atoms with Crippen LogP contribution in [0.2, 0.25) is 0 Å². The normalized spacial score (nSPS) is 24.9. The Balaban J connectivity index is 1.83. The number of nitrogens with zero attached hydrogens (tertiary/aromatic N) is 1. The summed E-state index contributed by atoms with van der Waals surface area (Å²) < 4.78 is 11.9. The van der Waals surface area contributed by atoms with Gasteiger partial charge in [0.2, 0.25) is 0 Å². The molecular formula is C26H37N2O7. The molecule has 2 atom stereocenters. The van der Waals surface area contributed by atoms with Gasteiger partial charge in [0.25, 0.3) is 5.91 Å². The number of benzene rings is 1. The number of rotatable bonds is 6. The number of carboxylic acids is 1. The van der Waals surface area contributed by atoms with Crippen molar-refractivity contribution in [1.29, 1.82) is 0 Å². The molecule has 0 aromatic heterocycles. The van der Waals surface area contributed by atoms with E-state index in [0.29, 0.717) is 36.3 Å². The third kappa shape index (κ3) is 4.89. The van der Waals surface area contributed by atoms with Gasteiger partial charge in [-0.1, -0.05) is 0 Å². The SMILES string of the molecule is Cc1c(C)c2c(c(C)c1OC(=O)CCC(=O)O)CCC(C)(C(=O)NC1CC(C)(C)N([O])C1(C)C)O2. The van der Waals surface area contributed by atoms with Crippen LogP contribution in [0.5, 0.6) is 11.5 Å². The molecule has 2 aliphatic rings. The quantitative estimate of drug-likeness (QED) is 0.462. The van der Waals surface area contributed by atoms with Gasteiger partial charge in [0.15, 0.2) is 5.60 Å². The van der Waals surface area contributed by atoms with E-state index in [9.17, 15) is 19.6 Å². The fraction of sp³-hybridized carbons (Fsp3) is 0.654. The summed E-state index contributed by atoms with van der Waals surface area (Å²) >= 11 is 0. The zero-order valence-electron chi connectivity index (χ0n) is 22.0. The van der Waals surface area contributed by atoms with Crippen molar-refractivity contribution in [2.45, 2.75) is 110 Å². The average molecular weight is 490 g/mol. The highest BCUT2D eigenvalue weighted by Crippen LogP contribution is 2.45. The molecule has 9 nitrogen and oxygen atoms in total. The van der Waals surface area contributed by atoms with Gasteiger partial charge in [-0.2, -0.15) is 0 Å². The zero-order chi connectivity index (χ0) is 26.5.